The minimum Gasteiger partial charge on any atom is -0.111 e. The van der Waals surface area contributed by atoms with Gasteiger partial charge in [-0.05, 0) is 3.22 Å². The molecular formula is C2H10B5I. The average molecular weight is 215 g/mol. The van der Waals surface area contributed by atoms with Crippen LogP contribution in [0.15, 0.2) is 0 Å². The Morgan fingerprint density at radius 1 is 0.875 bits per heavy atom. The zero-order valence-corrected chi connectivity index (χ0v) is 8.54. The number of hydrogen-bond donors (Lipinski definition) is 0. The second-order valence-corrected chi connectivity index (χ2v) is 6.42. The van der Waals surface area contributed by atoms with Crippen LogP contribution in [0.4, 0.5) is 0 Å². The van der Waals surface area contributed by atoms with Crippen LogP contribution in [0.25, 0.3) is 0 Å². The van der Waals surface area contributed by atoms with Crippen LogP contribution in [0.1, 0.15) is 0 Å². The predicted octanol–water partition coefficient (Wildman–Crippen LogP) is -3.69. The van der Waals surface area contributed by atoms with E-state index in [9.17, 15) is 0 Å². The highest BCUT2D eigenvalue weighted by molar-refractivity contribution is 14.1. The molecule has 6 heteroatoms. The first-order chi connectivity index (χ1) is 3.25. The average Bonchev–Trinajstić information content (AvgIpc) is 1.25. The van der Waals surface area contributed by atoms with E-state index in [1.165, 1.54) is 0 Å². The van der Waals surface area contributed by atoms with Crippen molar-refractivity contribution in [3.63, 3.8) is 0 Å². The first-order valence-electron chi connectivity index (χ1n) is 2.94. The maximum atomic E-state index is 2.48. The van der Waals surface area contributed by atoms with E-state index < -0.39 is 0 Å². The molecule has 40 valence electrons. The van der Waals surface area contributed by atoms with Crippen molar-refractivity contribution >= 4 is 61.8 Å². The normalized spacial score (nSPS) is 13.6. The highest BCUT2D eigenvalue weighted by Gasteiger charge is 2.28. The summed E-state index contributed by atoms with van der Waals surface area (Å²) in [4.78, 5) is 0. The van der Waals surface area contributed by atoms with Gasteiger partial charge in [0.2, 0.25) is 0 Å². The van der Waals surface area contributed by atoms with Gasteiger partial charge in [-0.3, -0.25) is 0 Å². The smallest absolute Gasteiger partial charge is 0.109 e. The minimum absolute atomic E-state index is 0.408. The molecule has 0 nitrogen and oxygen atoms in total. The standard InChI is InChI=1S/C2H10B5I/c3-1(4,5)2(6,7)8/h3-7H2. The third-order valence-corrected chi connectivity index (χ3v) is 3.40. The highest BCUT2D eigenvalue weighted by Crippen LogP contribution is 2.30. The summed E-state index contributed by atoms with van der Waals surface area (Å²) < 4.78 is 0.408. The summed E-state index contributed by atoms with van der Waals surface area (Å²) in [6.07, 6.45) is 0. The zero-order valence-electron chi connectivity index (χ0n) is 6.38. The fourth-order valence-corrected chi connectivity index (χ4v) is 0. The van der Waals surface area contributed by atoms with Gasteiger partial charge >= 0.3 is 0 Å². The van der Waals surface area contributed by atoms with Gasteiger partial charge in [0.05, 0.1) is 23.5 Å². The van der Waals surface area contributed by atoms with Crippen LogP contribution in [-0.4, -0.2) is 42.5 Å². The van der Waals surface area contributed by atoms with Crippen molar-refractivity contribution in [2.75, 3.05) is 0 Å². The molecule has 0 bridgehead atoms. The van der Waals surface area contributed by atoms with Crippen LogP contribution in [0.5, 0.6) is 0 Å². The first-order valence-corrected chi connectivity index (χ1v) is 4.02. The topological polar surface area (TPSA) is 0 Å². The third kappa shape index (κ3) is 2.56. The van der Waals surface area contributed by atoms with E-state index >= 15 is 0 Å². The molecule has 0 aliphatic rings. The van der Waals surface area contributed by atoms with Crippen LogP contribution < -0.4 is 0 Å². The van der Waals surface area contributed by atoms with Crippen molar-refractivity contribution in [1.82, 2.24) is 0 Å². The molecule has 0 atom stereocenters. The van der Waals surface area contributed by atoms with E-state index in [4.69, 9.17) is 0 Å². The van der Waals surface area contributed by atoms with Crippen molar-refractivity contribution < 1.29 is 0 Å². The molecule has 0 N–H and O–H groups in total. The maximum Gasteiger partial charge on any atom is 0.109 e. The van der Waals surface area contributed by atoms with Crippen LogP contribution in [-0.2, 0) is 0 Å². The van der Waals surface area contributed by atoms with Crippen LogP contribution in [0.2, 0.25) is 5.11 Å². The molecule has 0 unspecified atom stereocenters. The molecule has 0 aromatic carbocycles. The Kier molecular flexibility index (Phi) is 2.66. The van der Waals surface area contributed by atoms with Crippen LogP contribution >= 0.6 is 22.6 Å². The Morgan fingerprint density at radius 3 is 1.00 bits per heavy atom. The molecule has 0 amide bonds. The third-order valence-electron chi connectivity index (χ3n) is 1.78. The zero-order chi connectivity index (χ0) is 7.00. The molecular weight excluding hydrogens is 205 g/mol. The van der Waals surface area contributed by atoms with E-state index in [0.29, 0.717) is 8.33 Å². The molecule has 0 aromatic heterocycles. The minimum atomic E-state index is 0.408. The summed E-state index contributed by atoms with van der Waals surface area (Å²) in [6.45, 7) is 0. The fourth-order valence-electron chi connectivity index (χ4n) is 0. The molecule has 0 saturated carbocycles. The summed E-state index contributed by atoms with van der Waals surface area (Å²) in [7, 11) is 11.3. The molecule has 0 spiro atoms. The highest BCUT2D eigenvalue weighted by atomic mass is 127. The van der Waals surface area contributed by atoms with E-state index in [0.717, 1.165) is 0 Å². The van der Waals surface area contributed by atoms with Crippen molar-refractivity contribution in [3.05, 3.63) is 0 Å². The summed E-state index contributed by atoms with van der Waals surface area (Å²) in [5.41, 5.74) is 0. The van der Waals surface area contributed by atoms with Gasteiger partial charge in [-0.15, -0.1) is 5.11 Å². The van der Waals surface area contributed by atoms with Crippen molar-refractivity contribution in [3.8, 4) is 0 Å². The molecule has 0 fully saturated rings. The Labute approximate surface area is 70.1 Å². The molecule has 0 aliphatic heterocycles. The number of rotatable bonds is 1. The molecule has 8 heavy (non-hydrogen) atoms. The van der Waals surface area contributed by atoms with Gasteiger partial charge in [0.1, 0.15) is 15.7 Å². The molecule has 0 aromatic rings. The predicted molar refractivity (Wildman–Crippen MR) is 62.2 cm³/mol. The lowest BCUT2D eigenvalue weighted by Gasteiger charge is -2.33. The van der Waals surface area contributed by atoms with Gasteiger partial charge in [0.25, 0.3) is 0 Å². The Hall–Kier alpha value is 1.05. The molecule has 0 radical (unpaired) electrons. The monoisotopic (exact) mass is 216 g/mol. The van der Waals surface area contributed by atoms with Crippen molar-refractivity contribution in [2.24, 2.45) is 0 Å². The second-order valence-electron chi connectivity index (χ2n) is 3.72. The van der Waals surface area contributed by atoms with Gasteiger partial charge in [-0.2, -0.15) is 0 Å². The number of hydrogen-bond acceptors (Lipinski definition) is 0. The fraction of sp³-hybridized carbons (Fsp3) is 1.00. The molecule has 0 aliphatic carbocycles. The van der Waals surface area contributed by atoms with E-state index in [-0.39, 0.29) is 0 Å². The van der Waals surface area contributed by atoms with Crippen molar-refractivity contribution in [1.29, 1.82) is 0 Å². The van der Waals surface area contributed by atoms with Crippen LogP contribution in [0.3, 0.4) is 0 Å². The Balaban J connectivity index is 4.02. The largest absolute Gasteiger partial charge is 0.111 e. The Morgan fingerprint density at radius 2 is 1.00 bits per heavy atom. The summed E-state index contributed by atoms with van der Waals surface area (Å²) in [5, 5.41) is 0.424. The van der Waals surface area contributed by atoms with Crippen molar-refractivity contribution in [2.45, 2.75) is 8.33 Å². The quantitative estimate of drug-likeness (QED) is 0.240. The Bertz CT molecular complexity index is 65.4. The van der Waals surface area contributed by atoms with Gasteiger partial charge in [-0.25, -0.2) is 0 Å². The summed E-state index contributed by atoms with van der Waals surface area (Å²) in [6, 6.07) is 0. The first kappa shape index (κ1) is 9.05. The van der Waals surface area contributed by atoms with Crippen LogP contribution in [0, 0.1) is 0 Å². The SMILES string of the molecule is BC(B)(B)C(B)(B)I. The van der Waals surface area contributed by atoms with Gasteiger partial charge in [-0.1, -0.05) is 22.6 Å². The summed E-state index contributed by atoms with van der Waals surface area (Å²) >= 11 is 2.48. The number of halogens is 1. The maximum absolute atomic E-state index is 2.48. The lowest BCUT2D eigenvalue weighted by molar-refractivity contribution is 1.13. The molecule has 0 heterocycles. The van der Waals surface area contributed by atoms with E-state index in [1.807, 2.05) is 0 Å². The van der Waals surface area contributed by atoms with E-state index in [2.05, 4.69) is 61.8 Å². The number of alkyl halides is 1. The van der Waals surface area contributed by atoms with E-state index in [1.54, 1.807) is 0 Å². The van der Waals surface area contributed by atoms with Gasteiger partial charge in [0.15, 0.2) is 0 Å². The molecule has 0 saturated heterocycles. The second kappa shape index (κ2) is 2.35. The molecule has 0 rings (SSSR count). The van der Waals surface area contributed by atoms with Gasteiger partial charge < -0.3 is 0 Å². The lowest BCUT2D eigenvalue weighted by atomic mass is 9.30. The summed E-state index contributed by atoms with van der Waals surface area (Å²) in [5.74, 6) is 0. The van der Waals surface area contributed by atoms with Gasteiger partial charge in [0, 0.05) is 0 Å². The lowest BCUT2D eigenvalue weighted by Crippen LogP contribution is -2.39.